The minimum Gasteiger partial charge on any atom is -0.497 e. The van der Waals surface area contributed by atoms with E-state index < -0.39 is 5.91 Å². The highest BCUT2D eigenvalue weighted by atomic mass is 35.5. The van der Waals surface area contributed by atoms with Gasteiger partial charge < -0.3 is 4.74 Å². The Hall–Kier alpha value is -2.83. The molecule has 0 saturated heterocycles. The second-order valence-electron chi connectivity index (χ2n) is 6.17. The molecule has 0 aliphatic rings. The third-order valence-corrected chi connectivity index (χ3v) is 4.76. The molecule has 1 aromatic heterocycles. The van der Waals surface area contributed by atoms with E-state index in [0.717, 1.165) is 5.39 Å². The lowest BCUT2D eigenvalue weighted by Crippen LogP contribution is -2.24. The van der Waals surface area contributed by atoms with Crippen molar-refractivity contribution in [3.63, 3.8) is 0 Å². The number of rotatable bonds is 4. The Kier molecular flexibility index (Phi) is 5.21. The van der Waals surface area contributed by atoms with Gasteiger partial charge in [-0.2, -0.15) is 0 Å². The average molecular weight is 387 g/mol. The van der Waals surface area contributed by atoms with Gasteiger partial charge in [-0.1, -0.05) is 11.6 Å². The summed E-state index contributed by atoms with van der Waals surface area (Å²) < 4.78 is 6.86. The van der Waals surface area contributed by atoms with Gasteiger partial charge in [-0.15, -0.1) is 0 Å². The van der Waals surface area contributed by atoms with Crippen molar-refractivity contribution in [3.8, 4) is 5.75 Å². The molecule has 0 aliphatic heterocycles. The lowest BCUT2D eigenvalue weighted by molar-refractivity contribution is -0.165. The molecular formula is C20H19ClN2O4. The van der Waals surface area contributed by atoms with E-state index in [1.807, 2.05) is 0 Å². The number of nitrogens with zero attached hydrogens (tertiary/aromatic N) is 2. The Morgan fingerprint density at radius 2 is 1.85 bits per heavy atom. The van der Waals surface area contributed by atoms with E-state index in [-0.39, 0.29) is 12.5 Å². The number of methoxy groups -OCH3 is 1. The number of carbonyl (C=O) groups is 2. The topological polar surface area (TPSA) is 71.8 Å². The fourth-order valence-electron chi connectivity index (χ4n) is 3.03. The smallest absolute Gasteiger partial charge is 0.262 e. The van der Waals surface area contributed by atoms with Crippen LogP contribution in [0.4, 0.5) is 0 Å². The van der Waals surface area contributed by atoms with E-state index in [0.29, 0.717) is 38.2 Å². The normalized spacial score (nSPS) is 10.9. The highest BCUT2D eigenvalue weighted by Gasteiger charge is 2.22. The van der Waals surface area contributed by atoms with E-state index in [9.17, 15) is 14.8 Å². The zero-order valence-corrected chi connectivity index (χ0v) is 15.9. The molecule has 140 valence electrons. The SMILES string of the molecule is COc1ccc2c(c1)c(CN(O)C(C)=O)c(C)n2C(=O)c1ccc(Cl)cc1. The summed E-state index contributed by atoms with van der Waals surface area (Å²) >= 11 is 5.92. The molecule has 0 aliphatic carbocycles. The van der Waals surface area contributed by atoms with Crippen LogP contribution in [0.25, 0.3) is 10.9 Å². The van der Waals surface area contributed by atoms with Crippen LogP contribution in [0.15, 0.2) is 42.5 Å². The molecule has 0 radical (unpaired) electrons. The van der Waals surface area contributed by atoms with E-state index in [1.54, 1.807) is 61.1 Å². The van der Waals surface area contributed by atoms with E-state index in [4.69, 9.17) is 16.3 Å². The Morgan fingerprint density at radius 1 is 1.19 bits per heavy atom. The zero-order chi connectivity index (χ0) is 19.7. The van der Waals surface area contributed by atoms with Crippen LogP contribution in [0.3, 0.4) is 0 Å². The van der Waals surface area contributed by atoms with Gasteiger partial charge in [0.1, 0.15) is 5.75 Å². The van der Waals surface area contributed by atoms with Gasteiger partial charge in [0.05, 0.1) is 19.2 Å². The lowest BCUT2D eigenvalue weighted by Gasteiger charge is -2.13. The number of ether oxygens (including phenoxy) is 1. The van der Waals surface area contributed by atoms with Crippen molar-refractivity contribution in [2.75, 3.05) is 7.11 Å². The average Bonchev–Trinajstić information content (AvgIpc) is 2.92. The number of hydrogen-bond acceptors (Lipinski definition) is 4. The van der Waals surface area contributed by atoms with Crippen molar-refractivity contribution in [1.82, 2.24) is 9.63 Å². The molecule has 3 aromatic rings. The van der Waals surface area contributed by atoms with Gasteiger partial charge in [0, 0.05) is 34.2 Å². The number of carbonyl (C=O) groups excluding carboxylic acids is 2. The molecule has 1 amide bonds. The summed E-state index contributed by atoms with van der Waals surface area (Å²) in [5, 5.41) is 11.8. The number of halogens is 1. The van der Waals surface area contributed by atoms with Crippen LogP contribution in [-0.4, -0.2) is 33.8 Å². The van der Waals surface area contributed by atoms with Gasteiger partial charge in [-0.05, 0) is 49.4 Å². The molecule has 0 atom stereocenters. The predicted molar refractivity (Wildman–Crippen MR) is 102 cm³/mol. The highest BCUT2D eigenvalue weighted by Crippen LogP contribution is 2.31. The van der Waals surface area contributed by atoms with Gasteiger partial charge in [0.25, 0.3) is 5.91 Å². The van der Waals surface area contributed by atoms with Crippen molar-refractivity contribution in [1.29, 1.82) is 0 Å². The number of hydroxylamine groups is 2. The molecule has 0 bridgehead atoms. The first kappa shape index (κ1) is 18.9. The molecule has 0 spiro atoms. The van der Waals surface area contributed by atoms with Gasteiger partial charge in [-0.3, -0.25) is 19.4 Å². The summed E-state index contributed by atoms with van der Waals surface area (Å²) in [5.41, 5.74) is 2.46. The largest absolute Gasteiger partial charge is 0.497 e. The van der Waals surface area contributed by atoms with Crippen molar-refractivity contribution in [2.24, 2.45) is 0 Å². The van der Waals surface area contributed by atoms with Crippen LogP contribution in [0.1, 0.15) is 28.5 Å². The first-order valence-corrected chi connectivity index (χ1v) is 8.66. The molecule has 0 fully saturated rings. The van der Waals surface area contributed by atoms with Gasteiger partial charge >= 0.3 is 0 Å². The zero-order valence-electron chi connectivity index (χ0n) is 15.2. The summed E-state index contributed by atoms with van der Waals surface area (Å²) in [6, 6.07) is 12.0. The lowest BCUT2D eigenvalue weighted by atomic mass is 10.1. The molecule has 2 aromatic carbocycles. The molecule has 1 heterocycles. The minimum atomic E-state index is -0.484. The minimum absolute atomic E-state index is 0.0360. The number of fused-ring (bicyclic) bond motifs is 1. The van der Waals surface area contributed by atoms with Crippen LogP contribution in [0.2, 0.25) is 5.02 Å². The fraction of sp³-hybridized carbons (Fsp3) is 0.200. The maximum Gasteiger partial charge on any atom is 0.262 e. The Morgan fingerprint density at radius 3 is 2.44 bits per heavy atom. The van der Waals surface area contributed by atoms with E-state index >= 15 is 0 Å². The molecule has 27 heavy (non-hydrogen) atoms. The molecule has 0 saturated carbocycles. The number of amides is 1. The van der Waals surface area contributed by atoms with Crippen molar-refractivity contribution >= 4 is 34.3 Å². The summed E-state index contributed by atoms with van der Waals surface area (Å²) in [6.07, 6.45) is 0. The van der Waals surface area contributed by atoms with Crippen LogP contribution < -0.4 is 4.74 Å². The first-order chi connectivity index (χ1) is 12.8. The molecule has 7 heteroatoms. The third kappa shape index (κ3) is 3.54. The quantitative estimate of drug-likeness (QED) is 0.542. The second kappa shape index (κ2) is 7.42. The fourth-order valence-corrected chi connectivity index (χ4v) is 3.16. The summed E-state index contributed by atoms with van der Waals surface area (Å²) in [4.78, 5) is 24.6. The predicted octanol–water partition coefficient (Wildman–Crippen LogP) is 4.04. The van der Waals surface area contributed by atoms with Gasteiger partial charge in [-0.25, -0.2) is 5.06 Å². The highest BCUT2D eigenvalue weighted by molar-refractivity contribution is 6.30. The molecule has 3 rings (SSSR count). The van der Waals surface area contributed by atoms with E-state index in [1.165, 1.54) is 6.92 Å². The maximum absolute atomic E-state index is 13.1. The van der Waals surface area contributed by atoms with Crippen LogP contribution in [0, 0.1) is 6.92 Å². The molecule has 0 unspecified atom stereocenters. The van der Waals surface area contributed by atoms with Crippen molar-refractivity contribution in [3.05, 3.63) is 64.3 Å². The molecule has 6 nitrogen and oxygen atoms in total. The van der Waals surface area contributed by atoms with E-state index in [2.05, 4.69) is 0 Å². The Labute approximate surface area is 161 Å². The van der Waals surface area contributed by atoms with Crippen LogP contribution >= 0.6 is 11.6 Å². The summed E-state index contributed by atoms with van der Waals surface area (Å²) in [5.74, 6) is -0.0905. The first-order valence-electron chi connectivity index (χ1n) is 8.28. The Balaban J connectivity index is 2.20. The maximum atomic E-state index is 13.1. The number of aromatic nitrogens is 1. The van der Waals surface area contributed by atoms with Gasteiger partial charge in [0.15, 0.2) is 0 Å². The van der Waals surface area contributed by atoms with Gasteiger partial charge in [0.2, 0.25) is 5.91 Å². The van der Waals surface area contributed by atoms with Crippen LogP contribution in [-0.2, 0) is 11.3 Å². The Bertz CT molecular complexity index is 1020. The monoisotopic (exact) mass is 386 g/mol. The molecular weight excluding hydrogens is 368 g/mol. The summed E-state index contributed by atoms with van der Waals surface area (Å²) in [7, 11) is 1.55. The summed E-state index contributed by atoms with van der Waals surface area (Å²) in [6.45, 7) is 3.02. The van der Waals surface area contributed by atoms with Crippen LogP contribution in [0.5, 0.6) is 5.75 Å². The number of hydrogen-bond donors (Lipinski definition) is 1. The second-order valence-corrected chi connectivity index (χ2v) is 6.61. The standard InChI is InChI=1S/C20H19ClN2O4/c1-12-18(11-22(26)13(2)24)17-10-16(27-3)8-9-19(17)23(12)20(25)14-4-6-15(21)7-5-14/h4-10,26H,11H2,1-3H3. The van der Waals surface area contributed by atoms with Crippen molar-refractivity contribution in [2.45, 2.75) is 20.4 Å². The number of benzene rings is 2. The molecule has 1 N–H and O–H groups in total. The van der Waals surface area contributed by atoms with Crippen molar-refractivity contribution < 1.29 is 19.5 Å². The third-order valence-electron chi connectivity index (χ3n) is 4.51.